The molecule has 0 saturated heterocycles. The van der Waals surface area contributed by atoms with Gasteiger partial charge in [0.25, 0.3) is 0 Å². The van der Waals surface area contributed by atoms with E-state index in [1.807, 2.05) is 20.8 Å². The number of benzene rings is 1. The second kappa shape index (κ2) is 5.06. The second-order valence-electron chi connectivity index (χ2n) is 4.34. The molecule has 96 valence electrons. The molecule has 0 unspecified atom stereocenters. The lowest BCUT2D eigenvalue weighted by Crippen LogP contribution is -2.44. The highest BCUT2D eigenvalue weighted by Crippen LogP contribution is 2.24. The van der Waals surface area contributed by atoms with Gasteiger partial charge in [-0.2, -0.15) is 0 Å². The minimum absolute atomic E-state index is 0.0758. The van der Waals surface area contributed by atoms with Crippen molar-refractivity contribution in [1.82, 2.24) is 4.72 Å². The van der Waals surface area contributed by atoms with Crippen LogP contribution in [-0.4, -0.2) is 19.1 Å². The predicted molar refractivity (Wildman–Crippen MR) is 67.4 cm³/mol. The molecule has 1 aromatic rings. The van der Waals surface area contributed by atoms with Gasteiger partial charge in [-0.25, -0.2) is 13.1 Å². The molecule has 0 spiro atoms. The van der Waals surface area contributed by atoms with Gasteiger partial charge in [0.2, 0.25) is 10.0 Å². The number of nitrogens with one attached hydrogen (secondary N) is 1. The highest BCUT2D eigenvalue weighted by Gasteiger charge is 2.28. The van der Waals surface area contributed by atoms with Gasteiger partial charge >= 0.3 is 0 Å². The Morgan fingerprint density at radius 1 is 1.24 bits per heavy atom. The van der Waals surface area contributed by atoms with E-state index in [1.54, 1.807) is 12.1 Å². The first-order valence-electron chi connectivity index (χ1n) is 5.66. The van der Waals surface area contributed by atoms with Crippen molar-refractivity contribution in [1.29, 1.82) is 0 Å². The number of sulfonamides is 1. The number of phenolic OH excluding ortho intramolecular Hbond substituents is 1. The van der Waals surface area contributed by atoms with Gasteiger partial charge in [0, 0.05) is 5.54 Å². The summed E-state index contributed by atoms with van der Waals surface area (Å²) in [6.45, 7) is 5.71. The van der Waals surface area contributed by atoms with E-state index in [-0.39, 0.29) is 10.6 Å². The Balaban J connectivity index is 3.10. The topological polar surface area (TPSA) is 66.4 Å². The highest BCUT2D eigenvalue weighted by atomic mass is 32.2. The largest absolute Gasteiger partial charge is 0.507 e. The summed E-state index contributed by atoms with van der Waals surface area (Å²) in [4.78, 5) is -0.0758. The molecule has 0 radical (unpaired) electrons. The number of rotatable bonds is 5. The summed E-state index contributed by atoms with van der Waals surface area (Å²) in [5.41, 5.74) is -0.485. The van der Waals surface area contributed by atoms with Gasteiger partial charge in [-0.1, -0.05) is 26.0 Å². The summed E-state index contributed by atoms with van der Waals surface area (Å²) in [6.07, 6.45) is 1.38. The quantitative estimate of drug-likeness (QED) is 0.850. The highest BCUT2D eigenvalue weighted by molar-refractivity contribution is 7.89. The molecule has 0 aliphatic heterocycles. The molecule has 0 bridgehead atoms. The number of hydrogen-bond acceptors (Lipinski definition) is 3. The average Bonchev–Trinajstić information content (AvgIpc) is 2.28. The smallest absolute Gasteiger partial charge is 0.244 e. The average molecular weight is 257 g/mol. The van der Waals surface area contributed by atoms with Crippen molar-refractivity contribution in [3.8, 4) is 5.75 Å². The summed E-state index contributed by atoms with van der Waals surface area (Å²) in [5.74, 6) is -0.227. The van der Waals surface area contributed by atoms with E-state index in [0.717, 1.165) is 0 Å². The second-order valence-corrected chi connectivity index (χ2v) is 5.99. The minimum Gasteiger partial charge on any atom is -0.507 e. The minimum atomic E-state index is -3.67. The molecule has 0 aliphatic carbocycles. The maximum atomic E-state index is 12.1. The molecule has 0 fully saturated rings. The maximum Gasteiger partial charge on any atom is 0.244 e. The third-order valence-electron chi connectivity index (χ3n) is 3.10. The molecule has 2 N–H and O–H groups in total. The van der Waals surface area contributed by atoms with Crippen LogP contribution in [0.25, 0.3) is 0 Å². The van der Waals surface area contributed by atoms with Crippen molar-refractivity contribution >= 4 is 10.0 Å². The molecule has 1 aromatic carbocycles. The number of phenols is 1. The summed E-state index contributed by atoms with van der Waals surface area (Å²) in [6, 6.07) is 5.93. The van der Waals surface area contributed by atoms with E-state index in [1.165, 1.54) is 12.1 Å². The monoisotopic (exact) mass is 257 g/mol. The van der Waals surface area contributed by atoms with Crippen molar-refractivity contribution in [2.75, 3.05) is 0 Å². The zero-order valence-corrected chi connectivity index (χ0v) is 11.2. The molecule has 0 saturated carbocycles. The zero-order chi connectivity index (χ0) is 13.1. The van der Waals surface area contributed by atoms with Crippen LogP contribution in [0.15, 0.2) is 29.2 Å². The fourth-order valence-corrected chi connectivity index (χ4v) is 3.11. The van der Waals surface area contributed by atoms with E-state index in [0.29, 0.717) is 12.8 Å². The normalized spacial score (nSPS) is 12.6. The lowest BCUT2D eigenvalue weighted by molar-refractivity contribution is 0.387. The van der Waals surface area contributed by atoms with Crippen LogP contribution in [0.5, 0.6) is 5.75 Å². The van der Waals surface area contributed by atoms with Crippen molar-refractivity contribution in [3.05, 3.63) is 24.3 Å². The summed E-state index contributed by atoms with van der Waals surface area (Å²) >= 11 is 0. The molecule has 0 aliphatic rings. The predicted octanol–water partition coefficient (Wildman–Crippen LogP) is 2.25. The molecule has 0 atom stereocenters. The van der Waals surface area contributed by atoms with Crippen LogP contribution in [-0.2, 0) is 10.0 Å². The van der Waals surface area contributed by atoms with Gasteiger partial charge in [0.05, 0.1) is 0 Å². The Morgan fingerprint density at radius 2 is 1.76 bits per heavy atom. The Kier molecular flexibility index (Phi) is 4.16. The molecule has 0 heterocycles. The first-order valence-corrected chi connectivity index (χ1v) is 7.15. The van der Waals surface area contributed by atoms with Crippen molar-refractivity contribution in [2.24, 2.45) is 0 Å². The molecule has 0 amide bonds. The number of hydrogen-bond donors (Lipinski definition) is 2. The van der Waals surface area contributed by atoms with E-state index in [2.05, 4.69) is 4.72 Å². The van der Waals surface area contributed by atoms with Crippen molar-refractivity contribution in [3.63, 3.8) is 0 Å². The van der Waals surface area contributed by atoms with Crippen LogP contribution >= 0.6 is 0 Å². The SMILES string of the molecule is CCC(C)(CC)NS(=O)(=O)c1ccccc1O. The molecular formula is C12H19NO3S. The molecular weight excluding hydrogens is 238 g/mol. The van der Waals surface area contributed by atoms with Crippen LogP contribution in [0.1, 0.15) is 33.6 Å². The third kappa shape index (κ3) is 3.20. The Labute approximate surface area is 103 Å². The van der Waals surface area contributed by atoms with Gasteiger partial charge in [-0.3, -0.25) is 0 Å². The van der Waals surface area contributed by atoms with E-state index in [9.17, 15) is 13.5 Å². The molecule has 0 aromatic heterocycles. The molecule has 1 rings (SSSR count). The van der Waals surface area contributed by atoms with E-state index < -0.39 is 15.6 Å². The van der Waals surface area contributed by atoms with Crippen molar-refractivity contribution < 1.29 is 13.5 Å². The first kappa shape index (κ1) is 14.0. The van der Waals surface area contributed by atoms with Gasteiger partial charge in [0.15, 0.2) is 0 Å². The number of para-hydroxylation sites is 1. The van der Waals surface area contributed by atoms with Crippen LogP contribution in [0, 0.1) is 0 Å². The lowest BCUT2D eigenvalue weighted by atomic mass is 9.98. The van der Waals surface area contributed by atoms with Crippen LogP contribution in [0.3, 0.4) is 0 Å². The lowest BCUT2D eigenvalue weighted by Gasteiger charge is -2.27. The Morgan fingerprint density at radius 3 is 2.24 bits per heavy atom. The first-order chi connectivity index (χ1) is 7.84. The molecule has 17 heavy (non-hydrogen) atoms. The third-order valence-corrected chi connectivity index (χ3v) is 4.78. The van der Waals surface area contributed by atoms with Crippen LogP contribution < -0.4 is 4.72 Å². The fourth-order valence-electron chi connectivity index (χ4n) is 1.46. The van der Waals surface area contributed by atoms with Gasteiger partial charge in [-0.15, -0.1) is 0 Å². The zero-order valence-electron chi connectivity index (χ0n) is 10.4. The summed E-state index contributed by atoms with van der Waals surface area (Å²) in [7, 11) is -3.67. The fraction of sp³-hybridized carbons (Fsp3) is 0.500. The van der Waals surface area contributed by atoms with Gasteiger partial charge < -0.3 is 5.11 Å². The van der Waals surface area contributed by atoms with E-state index >= 15 is 0 Å². The van der Waals surface area contributed by atoms with E-state index in [4.69, 9.17) is 0 Å². The van der Waals surface area contributed by atoms with Gasteiger partial charge in [0.1, 0.15) is 10.6 Å². The summed E-state index contributed by atoms with van der Waals surface area (Å²) in [5, 5.41) is 9.57. The van der Waals surface area contributed by atoms with Crippen molar-refractivity contribution in [2.45, 2.75) is 44.0 Å². The summed E-state index contributed by atoms with van der Waals surface area (Å²) < 4.78 is 26.9. The standard InChI is InChI=1S/C12H19NO3S/c1-4-12(3,5-2)13-17(15,16)11-9-7-6-8-10(11)14/h6-9,13-14H,4-5H2,1-3H3. The maximum absolute atomic E-state index is 12.1. The number of aromatic hydroxyl groups is 1. The van der Waals surface area contributed by atoms with Crippen LogP contribution in [0.2, 0.25) is 0 Å². The van der Waals surface area contributed by atoms with Gasteiger partial charge in [-0.05, 0) is 31.9 Å². The van der Waals surface area contributed by atoms with Crippen LogP contribution in [0.4, 0.5) is 0 Å². The molecule has 4 nitrogen and oxygen atoms in total. The Bertz CT molecular complexity index is 478. The Hall–Kier alpha value is -1.07. The molecule has 5 heteroatoms.